The third-order valence-corrected chi connectivity index (χ3v) is 1.64. The summed E-state index contributed by atoms with van der Waals surface area (Å²) >= 11 is 0. The minimum absolute atomic E-state index is 0.491. The van der Waals surface area contributed by atoms with Crippen LogP contribution in [0.4, 0.5) is 0 Å². The molecule has 0 saturated heterocycles. The van der Waals surface area contributed by atoms with Crippen LogP contribution in [0.2, 0.25) is 0 Å². The molecule has 1 heterocycles. The van der Waals surface area contributed by atoms with E-state index in [1.807, 2.05) is 13.0 Å². The van der Waals surface area contributed by atoms with Crippen LogP contribution in [0.25, 0.3) is 0 Å². The highest BCUT2D eigenvalue weighted by Crippen LogP contribution is 2.09. The molecule has 1 rings (SSSR count). The molecule has 1 aromatic rings. The van der Waals surface area contributed by atoms with E-state index in [9.17, 15) is 0 Å². The Labute approximate surface area is 83.7 Å². The van der Waals surface area contributed by atoms with Gasteiger partial charge in [-0.2, -0.15) is 5.26 Å². The zero-order chi connectivity index (χ0) is 10.4. The average molecular weight is 188 g/mol. The Hall–Kier alpha value is -1.82. The van der Waals surface area contributed by atoms with Crippen LogP contribution in [0.3, 0.4) is 0 Å². The van der Waals surface area contributed by atoms with Gasteiger partial charge in [-0.15, -0.1) is 6.58 Å². The van der Waals surface area contributed by atoms with Crippen molar-refractivity contribution in [2.75, 3.05) is 6.61 Å². The first-order valence-electron chi connectivity index (χ1n) is 4.35. The topological polar surface area (TPSA) is 45.9 Å². The Morgan fingerprint density at radius 2 is 2.50 bits per heavy atom. The van der Waals surface area contributed by atoms with Gasteiger partial charge in [-0.05, 0) is 13.0 Å². The molecular formula is C11H12N2O. The first-order chi connectivity index (χ1) is 6.72. The number of hydrogen-bond acceptors (Lipinski definition) is 3. The standard InChI is InChI=1S/C11H12N2O/c1-9(2)4-6-14-11-7-10(8-12)3-5-13-11/h3,5,7H,1,4,6H2,2H3. The van der Waals surface area contributed by atoms with Crippen LogP contribution in [0.5, 0.6) is 5.88 Å². The molecule has 0 aliphatic rings. The second kappa shape index (κ2) is 5.03. The fraction of sp³-hybridized carbons (Fsp3) is 0.273. The third-order valence-electron chi connectivity index (χ3n) is 1.64. The number of aromatic nitrogens is 1. The van der Waals surface area contributed by atoms with Crippen LogP contribution in [-0.4, -0.2) is 11.6 Å². The number of nitriles is 1. The molecule has 72 valence electrons. The van der Waals surface area contributed by atoms with E-state index in [0.29, 0.717) is 18.1 Å². The lowest BCUT2D eigenvalue weighted by molar-refractivity contribution is 0.309. The summed E-state index contributed by atoms with van der Waals surface area (Å²) < 4.78 is 5.34. The fourth-order valence-electron chi connectivity index (χ4n) is 0.888. The highest BCUT2D eigenvalue weighted by molar-refractivity contribution is 5.31. The normalized spacial score (nSPS) is 9.14. The highest BCUT2D eigenvalue weighted by atomic mass is 16.5. The van der Waals surface area contributed by atoms with E-state index in [2.05, 4.69) is 11.6 Å². The Bertz CT molecular complexity index is 366. The van der Waals surface area contributed by atoms with E-state index in [-0.39, 0.29) is 0 Å². The maximum atomic E-state index is 8.63. The summed E-state index contributed by atoms with van der Waals surface area (Å²) in [5.41, 5.74) is 1.63. The SMILES string of the molecule is C=C(C)CCOc1cc(C#N)ccn1. The third kappa shape index (κ3) is 3.28. The van der Waals surface area contributed by atoms with Gasteiger partial charge in [0.05, 0.1) is 18.2 Å². The van der Waals surface area contributed by atoms with Crippen molar-refractivity contribution < 1.29 is 4.74 Å². The molecule has 0 radical (unpaired) electrons. The molecule has 1 aromatic heterocycles. The largest absolute Gasteiger partial charge is 0.477 e. The number of nitrogens with zero attached hydrogens (tertiary/aromatic N) is 2. The molecule has 0 bridgehead atoms. The first-order valence-corrected chi connectivity index (χ1v) is 4.35. The minimum Gasteiger partial charge on any atom is -0.477 e. The average Bonchev–Trinajstić information content (AvgIpc) is 2.18. The Kier molecular flexibility index (Phi) is 3.69. The second-order valence-corrected chi connectivity index (χ2v) is 3.05. The molecular weight excluding hydrogens is 176 g/mol. The summed E-state index contributed by atoms with van der Waals surface area (Å²) in [5, 5.41) is 8.63. The van der Waals surface area contributed by atoms with Crippen molar-refractivity contribution in [1.82, 2.24) is 4.98 Å². The van der Waals surface area contributed by atoms with Crippen molar-refractivity contribution in [3.8, 4) is 11.9 Å². The van der Waals surface area contributed by atoms with Gasteiger partial charge in [-0.25, -0.2) is 4.98 Å². The Morgan fingerprint density at radius 3 is 3.14 bits per heavy atom. The van der Waals surface area contributed by atoms with Gasteiger partial charge in [-0.3, -0.25) is 0 Å². The Balaban J connectivity index is 2.51. The number of hydrogen-bond donors (Lipinski definition) is 0. The molecule has 0 N–H and O–H groups in total. The summed E-state index contributed by atoms with van der Waals surface area (Å²) in [7, 11) is 0. The monoisotopic (exact) mass is 188 g/mol. The van der Waals surface area contributed by atoms with Crippen LogP contribution in [-0.2, 0) is 0 Å². The summed E-state index contributed by atoms with van der Waals surface area (Å²) in [4.78, 5) is 3.98. The summed E-state index contributed by atoms with van der Waals surface area (Å²) in [6.45, 7) is 6.27. The van der Waals surface area contributed by atoms with Crippen molar-refractivity contribution in [3.05, 3.63) is 36.0 Å². The van der Waals surface area contributed by atoms with E-state index >= 15 is 0 Å². The lowest BCUT2D eigenvalue weighted by Crippen LogP contribution is -1.99. The first kappa shape index (κ1) is 10.3. The molecule has 0 saturated carbocycles. The van der Waals surface area contributed by atoms with Crippen molar-refractivity contribution >= 4 is 0 Å². The van der Waals surface area contributed by atoms with Gasteiger partial charge in [-0.1, -0.05) is 5.57 Å². The number of ether oxygens (including phenoxy) is 1. The molecule has 0 aliphatic carbocycles. The molecule has 0 fully saturated rings. The lowest BCUT2D eigenvalue weighted by atomic mass is 10.2. The molecule has 0 amide bonds. The van der Waals surface area contributed by atoms with E-state index in [1.165, 1.54) is 0 Å². The molecule has 0 aliphatic heterocycles. The fourth-order valence-corrected chi connectivity index (χ4v) is 0.888. The lowest BCUT2D eigenvalue weighted by Gasteiger charge is -2.04. The highest BCUT2D eigenvalue weighted by Gasteiger charge is 1.97. The zero-order valence-electron chi connectivity index (χ0n) is 8.16. The molecule has 0 unspecified atom stereocenters. The van der Waals surface area contributed by atoms with E-state index in [1.54, 1.807) is 18.3 Å². The minimum atomic E-state index is 0.491. The van der Waals surface area contributed by atoms with Crippen molar-refractivity contribution in [3.63, 3.8) is 0 Å². The second-order valence-electron chi connectivity index (χ2n) is 3.05. The van der Waals surface area contributed by atoms with E-state index in [0.717, 1.165) is 12.0 Å². The van der Waals surface area contributed by atoms with Gasteiger partial charge in [0, 0.05) is 18.7 Å². The maximum Gasteiger partial charge on any atom is 0.214 e. The van der Waals surface area contributed by atoms with Crippen LogP contribution in [0, 0.1) is 11.3 Å². The summed E-state index contributed by atoms with van der Waals surface area (Å²) in [6.07, 6.45) is 2.37. The van der Waals surface area contributed by atoms with Crippen LogP contribution >= 0.6 is 0 Å². The predicted molar refractivity (Wildman–Crippen MR) is 53.9 cm³/mol. The van der Waals surface area contributed by atoms with Crippen molar-refractivity contribution in [2.24, 2.45) is 0 Å². The molecule has 3 nitrogen and oxygen atoms in total. The summed E-state index contributed by atoms with van der Waals surface area (Å²) in [6, 6.07) is 5.30. The van der Waals surface area contributed by atoms with Crippen LogP contribution in [0.15, 0.2) is 30.5 Å². The number of rotatable bonds is 4. The zero-order valence-corrected chi connectivity index (χ0v) is 8.16. The molecule has 0 atom stereocenters. The van der Waals surface area contributed by atoms with Crippen LogP contribution < -0.4 is 4.74 Å². The molecule has 14 heavy (non-hydrogen) atoms. The van der Waals surface area contributed by atoms with Gasteiger partial charge in [0.25, 0.3) is 0 Å². The summed E-state index contributed by atoms with van der Waals surface area (Å²) in [5.74, 6) is 0.491. The Morgan fingerprint density at radius 1 is 1.71 bits per heavy atom. The van der Waals surface area contributed by atoms with Crippen LogP contribution in [0.1, 0.15) is 18.9 Å². The van der Waals surface area contributed by atoms with Crippen molar-refractivity contribution in [2.45, 2.75) is 13.3 Å². The smallest absolute Gasteiger partial charge is 0.214 e. The van der Waals surface area contributed by atoms with Gasteiger partial charge in [0.15, 0.2) is 0 Å². The predicted octanol–water partition coefficient (Wildman–Crippen LogP) is 2.30. The molecule has 0 spiro atoms. The quantitative estimate of drug-likeness (QED) is 0.681. The van der Waals surface area contributed by atoms with Gasteiger partial charge >= 0.3 is 0 Å². The maximum absolute atomic E-state index is 8.63. The van der Waals surface area contributed by atoms with E-state index in [4.69, 9.17) is 10.00 Å². The van der Waals surface area contributed by atoms with Crippen molar-refractivity contribution in [1.29, 1.82) is 5.26 Å². The van der Waals surface area contributed by atoms with Gasteiger partial charge in [0.1, 0.15) is 0 Å². The van der Waals surface area contributed by atoms with Gasteiger partial charge < -0.3 is 4.74 Å². The van der Waals surface area contributed by atoms with Gasteiger partial charge in [0.2, 0.25) is 5.88 Å². The molecule has 0 aromatic carbocycles. The van der Waals surface area contributed by atoms with E-state index < -0.39 is 0 Å². The molecule has 3 heteroatoms. The number of pyridine rings is 1.